The number of rotatable bonds is 7. The van der Waals surface area contributed by atoms with Gasteiger partial charge in [0.2, 0.25) is 11.8 Å². The zero-order chi connectivity index (χ0) is 28.8. The number of nitrogens with zero attached hydrogens (tertiary/aromatic N) is 6. The molecule has 8 nitrogen and oxygen atoms in total. The van der Waals surface area contributed by atoms with Gasteiger partial charge < -0.3 is 19.5 Å². The number of aryl methyl sites for hydroxylation is 1. The average Bonchev–Trinajstić information content (AvgIpc) is 3.74. The zero-order valence-corrected chi connectivity index (χ0v) is 24.5. The van der Waals surface area contributed by atoms with Crippen LogP contribution in [-0.2, 0) is 0 Å². The highest BCUT2D eigenvalue weighted by Gasteiger charge is 2.41. The number of aromatic nitrogens is 3. The molecular weight excluding hydrogens is 522 g/mol. The van der Waals surface area contributed by atoms with Crippen LogP contribution in [0.3, 0.4) is 0 Å². The summed E-state index contributed by atoms with van der Waals surface area (Å²) >= 11 is 0. The Labute approximate surface area is 246 Å². The van der Waals surface area contributed by atoms with Crippen molar-refractivity contribution in [1.82, 2.24) is 19.9 Å². The minimum absolute atomic E-state index is 0.572. The predicted molar refractivity (Wildman–Crippen MR) is 169 cm³/mol. The summed E-state index contributed by atoms with van der Waals surface area (Å²) in [7, 11) is 6.29. The molecule has 2 aromatic heterocycles. The Hall–Kier alpha value is -4.69. The number of likely N-dealkylation sites (tertiary alicyclic amines) is 1. The lowest BCUT2D eigenvalue weighted by Gasteiger charge is -2.34. The topological polar surface area (TPSA) is 73.6 Å². The summed E-state index contributed by atoms with van der Waals surface area (Å²) in [5, 5.41) is 3.40. The van der Waals surface area contributed by atoms with E-state index in [0.29, 0.717) is 23.9 Å². The lowest BCUT2D eigenvalue weighted by atomic mass is 10.1. The van der Waals surface area contributed by atoms with E-state index in [1.54, 1.807) is 12.4 Å². The van der Waals surface area contributed by atoms with Crippen LogP contribution in [0, 0.1) is 6.92 Å². The quantitative estimate of drug-likeness (QED) is 0.244. The lowest BCUT2D eigenvalue weighted by Crippen LogP contribution is -2.44. The first-order valence-corrected chi connectivity index (χ1v) is 14.4. The molecular formula is C34H35N7O. The van der Waals surface area contributed by atoms with Gasteiger partial charge in [-0.2, -0.15) is 0 Å². The highest BCUT2D eigenvalue weighted by molar-refractivity contribution is 5.69. The van der Waals surface area contributed by atoms with Crippen LogP contribution in [0.25, 0.3) is 34.0 Å². The van der Waals surface area contributed by atoms with E-state index in [1.165, 1.54) is 17.7 Å². The number of benzene rings is 3. The molecule has 0 spiro atoms. The Bertz CT molecular complexity index is 1710. The molecule has 4 heterocycles. The van der Waals surface area contributed by atoms with Crippen molar-refractivity contribution in [2.45, 2.75) is 25.4 Å². The van der Waals surface area contributed by atoms with Gasteiger partial charge in [0.15, 0.2) is 5.76 Å². The molecule has 0 saturated carbocycles. The van der Waals surface area contributed by atoms with Gasteiger partial charge in [0.25, 0.3) is 0 Å². The van der Waals surface area contributed by atoms with E-state index < -0.39 is 0 Å². The van der Waals surface area contributed by atoms with Crippen molar-refractivity contribution in [1.29, 1.82) is 0 Å². The molecule has 1 N–H and O–H groups in total. The lowest BCUT2D eigenvalue weighted by molar-refractivity contribution is 0.292. The minimum atomic E-state index is 0.572. The standard InChI is InChI=1S/C34H35N7O/c1-22-17-26(11-14-31(22)41-21-28-18-29(41)20-40(28)4)37-34-35-16-15-30(38-34)23-5-7-25(8-6-23)33-36-19-32(42-33)24-9-12-27(13-10-24)39(2)3/h5-17,19,28-29H,18,20-21H2,1-4H3,(H,35,37,38)/t28-,29-/m0/s1. The van der Waals surface area contributed by atoms with Crippen molar-refractivity contribution in [3.8, 4) is 34.0 Å². The first-order chi connectivity index (χ1) is 20.4. The van der Waals surface area contributed by atoms with Crippen LogP contribution in [0.15, 0.2) is 89.6 Å². The van der Waals surface area contributed by atoms with Gasteiger partial charge in [-0.1, -0.05) is 12.1 Å². The van der Waals surface area contributed by atoms with E-state index in [4.69, 9.17) is 9.40 Å². The molecule has 0 aliphatic carbocycles. The number of anilines is 4. The molecule has 7 rings (SSSR count). The highest BCUT2D eigenvalue weighted by atomic mass is 16.4. The predicted octanol–water partition coefficient (Wildman–Crippen LogP) is 6.48. The molecule has 8 heteroatoms. The Morgan fingerprint density at radius 2 is 1.62 bits per heavy atom. The van der Waals surface area contributed by atoms with Crippen molar-refractivity contribution in [3.63, 3.8) is 0 Å². The third kappa shape index (κ3) is 4.99. The molecule has 0 radical (unpaired) electrons. The second-order valence-corrected chi connectivity index (χ2v) is 11.6. The molecule has 0 unspecified atom stereocenters. The summed E-state index contributed by atoms with van der Waals surface area (Å²) in [6.07, 6.45) is 4.83. The molecule has 2 aliphatic rings. The molecule has 3 aromatic carbocycles. The van der Waals surface area contributed by atoms with Gasteiger partial charge in [0.1, 0.15) is 0 Å². The zero-order valence-electron chi connectivity index (χ0n) is 24.5. The van der Waals surface area contributed by atoms with Crippen LogP contribution in [-0.4, -0.2) is 66.2 Å². The van der Waals surface area contributed by atoms with Crippen molar-refractivity contribution in [3.05, 3.63) is 90.8 Å². The van der Waals surface area contributed by atoms with E-state index in [2.05, 4.69) is 86.4 Å². The Morgan fingerprint density at radius 3 is 2.31 bits per heavy atom. The number of hydrogen-bond acceptors (Lipinski definition) is 8. The molecule has 5 aromatic rings. The summed E-state index contributed by atoms with van der Waals surface area (Å²) in [5.41, 5.74) is 8.48. The highest BCUT2D eigenvalue weighted by Crippen LogP contribution is 2.36. The maximum atomic E-state index is 6.09. The number of piperazine rings is 1. The van der Waals surface area contributed by atoms with E-state index in [9.17, 15) is 0 Å². The molecule has 2 atom stereocenters. The first-order valence-electron chi connectivity index (χ1n) is 14.4. The number of nitrogens with one attached hydrogen (secondary N) is 1. The second-order valence-electron chi connectivity index (χ2n) is 11.6. The van der Waals surface area contributed by atoms with Crippen molar-refractivity contribution < 1.29 is 4.42 Å². The third-order valence-electron chi connectivity index (χ3n) is 8.53. The largest absolute Gasteiger partial charge is 0.436 e. The summed E-state index contributed by atoms with van der Waals surface area (Å²) < 4.78 is 6.09. The van der Waals surface area contributed by atoms with E-state index >= 15 is 0 Å². The SMILES string of the molecule is Cc1cc(Nc2nccc(-c3ccc(-c4ncc(-c5ccc(N(C)C)cc5)o4)cc3)n2)ccc1N1C[C@@H]2C[C@H]1CN2C. The van der Waals surface area contributed by atoms with Crippen molar-refractivity contribution in [2.75, 3.05) is 49.3 Å². The summed E-state index contributed by atoms with van der Waals surface area (Å²) in [6.45, 7) is 4.45. The molecule has 0 amide bonds. The van der Waals surface area contributed by atoms with Gasteiger partial charge in [0.05, 0.1) is 11.9 Å². The molecule has 2 bridgehead atoms. The normalized spacial score (nSPS) is 18.0. The number of hydrogen-bond donors (Lipinski definition) is 1. The first kappa shape index (κ1) is 26.2. The van der Waals surface area contributed by atoms with Gasteiger partial charge in [0, 0.05) is 79.2 Å². The number of likely N-dealkylation sites (N-methyl/N-ethyl adjacent to an activating group) is 1. The number of oxazole rings is 1. The van der Waals surface area contributed by atoms with Crippen molar-refractivity contribution >= 4 is 23.0 Å². The fraction of sp³-hybridized carbons (Fsp3) is 0.265. The summed E-state index contributed by atoms with van der Waals surface area (Å²) in [5.74, 6) is 1.91. The van der Waals surface area contributed by atoms with E-state index in [1.807, 2.05) is 44.4 Å². The van der Waals surface area contributed by atoms with Crippen molar-refractivity contribution in [2.24, 2.45) is 0 Å². The third-order valence-corrected chi connectivity index (χ3v) is 8.53. The van der Waals surface area contributed by atoms with Crippen LogP contribution in [0.2, 0.25) is 0 Å². The monoisotopic (exact) mass is 557 g/mol. The molecule has 42 heavy (non-hydrogen) atoms. The van der Waals surface area contributed by atoms with E-state index in [-0.39, 0.29) is 0 Å². The smallest absolute Gasteiger partial charge is 0.227 e. The Balaban J connectivity index is 1.04. The number of fused-ring (bicyclic) bond motifs is 2. The maximum absolute atomic E-state index is 6.09. The van der Waals surface area contributed by atoms with Crippen LogP contribution in [0.5, 0.6) is 0 Å². The maximum Gasteiger partial charge on any atom is 0.227 e. The van der Waals surface area contributed by atoms with Gasteiger partial charge in [-0.3, -0.25) is 4.90 Å². The van der Waals surface area contributed by atoms with Crippen LogP contribution >= 0.6 is 0 Å². The minimum Gasteiger partial charge on any atom is -0.436 e. The van der Waals surface area contributed by atoms with Gasteiger partial charge in [-0.05, 0) is 86.6 Å². The molecule has 2 fully saturated rings. The van der Waals surface area contributed by atoms with Gasteiger partial charge in [-0.15, -0.1) is 0 Å². The second kappa shape index (κ2) is 10.6. The fourth-order valence-corrected chi connectivity index (χ4v) is 6.17. The van der Waals surface area contributed by atoms with Gasteiger partial charge >= 0.3 is 0 Å². The summed E-state index contributed by atoms with van der Waals surface area (Å²) in [4.78, 5) is 20.9. The Morgan fingerprint density at radius 1 is 0.857 bits per heavy atom. The molecule has 2 aliphatic heterocycles. The molecule has 212 valence electrons. The van der Waals surface area contributed by atoms with Crippen LogP contribution in [0.1, 0.15) is 12.0 Å². The van der Waals surface area contributed by atoms with Crippen LogP contribution < -0.4 is 15.1 Å². The average molecular weight is 558 g/mol. The van der Waals surface area contributed by atoms with Crippen LogP contribution in [0.4, 0.5) is 23.0 Å². The molecule has 2 saturated heterocycles. The van der Waals surface area contributed by atoms with E-state index in [0.717, 1.165) is 52.6 Å². The van der Waals surface area contributed by atoms with Gasteiger partial charge in [-0.25, -0.2) is 15.0 Å². The fourth-order valence-electron chi connectivity index (χ4n) is 6.17. The summed E-state index contributed by atoms with van der Waals surface area (Å²) in [6, 6.07) is 26.1. The Kier molecular flexibility index (Phi) is 6.63.